The lowest BCUT2D eigenvalue weighted by molar-refractivity contribution is 0.0955. The van der Waals surface area contributed by atoms with Gasteiger partial charge in [-0.3, -0.25) is 4.79 Å². The number of nitrogens with one attached hydrogen (secondary N) is 1. The summed E-state index contributed by atoms with van der Waals surface area (Å²) >= 11 is 0. The van der Waals surface area contributed by atoms with Crippen molar-refractivity contribution in [1.82, 2.24) is 5.43 Å². The number of anilines is 1. The van der Waals surface area contributed by atoms with Crippen molar-refractivity contribution >= 4 is 17.8 Å². The van der Waals surface area contributed by atoms with Crippen LogP contribution in [0.1, 0.15) is 27.0 Å². The summed E-state index contributed by atoms with van der Waals surface area (Å²) in [5.41, 5.74) is 12.2. The van der Waals surface area contributed by atoms with Crippen LogP contribution in [-0.4, -0.2) is 12.1 Å². The Morgan fingerprint density at radius 1 is 1.07 bits per heavy atom. The fraction of sp³-hybridized carbons (Fsp3) is 0.0909. The van der Waals surface area contributed by atoms with E-state index in [1.54, 1.807) is 30.5 Å². The number of aryl methyl sites for hydroxylation is 1. The van der Waals surface area contributed by atoms with Gasteiger partial charge in [0, 0.05) is 16.8 Å². The lowest BCUT2D eigenvalue weighted by Gasteiger charge is -2.09. The van der Waals surface area contributed by atoms with Crippen LogP contribution >= 0.6 is 0 Å². The third-order valence-electron chi connectivity index (χ3n) is 3.95. The first-order chi connectivity index (χ1) is 13.1. The Hall–Kier alpha value is -3.60. The van der Waals surface area contributed by atoms with Gasteiger partial charge in [-0.1, -0.05) is 48.0 Å². The topological polar surface area (TPSA) is 76.7 Å². The summed E-state index contributed by atoms with van der Waals surface area (Å²) in [6.45, 7) is 2.51. The summed E-state index contributed by atoms with van der Waals surface area (Å²) in [7, 11) is 0. The van der Waals surface area contributed by atoms with E-state index in [2.05, 4.69) is 29.6 Å². The normalized spacial score (nSPS) is 10.7. The first-order valence-electron chi connectivity index (χ1n) is 8.58. The lowest BCUT2D eigenvalue weighted by Crippen LogP contribution is -2.17. The van der Waals surface area contributed by atoms with Crippen molar-refractivity contribution in [2.45, 2.75) is 13.5 Å². The van der Waals surface area contributed by atoms with E-state index in [4.69, 9.17) is 10.5 Å². The lowest BCUT2D eigenvalue weighted by atomic mass is 10.1. The molecule has 136 valence electrons. The minimum atomic E-state index is -0.323. The van der Waals surface area contributed by atoms with E-state index in [1.165, 1.54) is 5.56 Å². The van der Waals surface area contributed by atoms with Crippen molar-refractivity contribution in [1.29, 1.82) is 0 Å². The molecule has 27 heavy (non-hydrogen) atoms. The molecule has 1 amide bonds. The number of hydrogen-bond donors (Lipinski definition) is 2. The van der Waals surface area contributed by atoms with Gasteiger partial charge in [0.25, 0.3) is 5.91 Å². The van der Waals surface area contributed by atoms with Crippen molar-refractivity contribution in [2.24, 2.45) is 5.10 Å². The van der Waals surface area contributed by atoms with Gasteiger partial charge in [0.1, 0.15) is 12.4 Å². The van der Waals surface area contributed by atoms with Crippen LogP contribution in [0, 0.1) is 6.92 Å². The zero-order chi connectivity index (χ0) is 19.1. The molecule has 3 rings (SSSR count). The van der Waals surface area contributed by atoms with Crippen molar-refractivity contribution < 1.29 is 9.53 Å². The second kappa shape index (κ2) is 8.67. The molecule has 0 saturated carbocycles. The third-order valence-corrected chi connectivity index (χ3v) is 3.95. The van der Waals surface area contributed by atoms with Gasteiger partial charge in [0.15, 0.2) is 0 Å². The maximum Gasteiger partial charge on any atom is 0.271 e. The summed E-state index contributed by atoms with van der Waals surface area (Å²) in [6, 6.07) is 22.4. The third kappa shape index (κ3) is 5.19. The van der Waals surface area contributed by atoms with Crippen molar-refractivity contribution in [2.75, 3.05) is 5.73 Å². The predicted molar refractivity (Wildman–Crippen MR) is 108 cm³/mol. The molecular weight excluding hydrogens is 338 g/mol. The number of rotatable bonds is 6. The maximum atomic E-state index is 12.1. The number of nitrogen functional groups attached to an aromatic ring is 1. The van der Waals surface area contributed by atoms with Crippen LogP contribution in [-0.2, 0) is 6.61 Å². The van der Waals surface area contributed by atoms with Crippen molar-refractivity contribution in [3.63, 3.8) is 0 Å². The average molecular weight is 359 g/mol. The Morgan fingerprint density at radius 2 is 1.85 bits per heavy atom. The van der Waals surface area contributed by atoms with E-state index >= 15 is 0 Å². The summed E-state index contributed by atoms with van der Waals surface area (Å²) in [5, 5.41) is 4.03. The molecule has 0 bridgehead atoms. The number of nitrogens with zero attached hydrogens (tertiary/aromatic N) is 1. The number of para-hydroxylation sites is 1. The quantitative estimate of drug-likeness (QED) is 0.398. The molecule has 3 aromatic rings. The second-order valence-corrected chi connectivity index (χ2v) is 6.14. The zero-order valence-electron chi connectivity index (χ0n) is 15.1. The minimum absolute atomic E-state index is 0.323. The Labute approximate surface area is 158 Å². The van der Waals surface area contributed by atoms with Crippen LogP contribution in [0.2, 0.25) is 0 Å². The van der Waals surface area contributed by atoms with Crippen LogP contribution in [0.4, 0.5) is 5.69 Å². The fourth-order valence-electron chi connectivity index (χ4n) is 2.47. The molecule has 0 atom stereocenters. The molecule has 0 fully saturated rings. The number of amides is 1. The summed E-state index contributed by atoms with van der Waals surface area (Å²) < 4.78 is 5.90. The fourth-order valence-corrected chi connectivity index (χ4v) is 2.47. The van der Waals surface area contributed by atoms with Gasteiger partial charge in [0.05, 0.1) is 6.21 Å². The van der Waals surface area contributed by atoms with E-state index in [0.29, 0.717) is 23.6 Å². The highest BCUT2D eigenvalue weighted by molar-refractivity contribution is 5.95. The number of hydrogen-bond acceptors (Lipinski definition) is 4. The summed E-state index contributed by atoms with van der Waals surface area (Å²) in [6.07, 6.45) is 1.56. The van der Waals surface area contributed by atoms with Crippen molar-refractivity contribution in [3.8, 4) is 5.75 Å². The Morgan fingerprint density at radius 3 is 2.63 bits per heavy atom. The molecule has 3 N–H and O–H groups in total. The number of nitrogens with two attached hydrogens (primary N) is 1. The van der Waals surface area contributed by atoms with Gasteiger partial charge in [-0.2, -0.15) is 5.10 Å². The Balaban J connectivity index is 1.64. The van der Waals surface area contributed by atoms with Gasteiger partial charge in [-0.15, -0.1) is 0 Å². The highest BCUT2D eigenvalue weighted by Gasteiger charge is 2.05. The van der Waals surface area contributed by atoms with Gasteiger partial charge < -0.3 is 10.5 Å². The highest BCUT2D eigenvalue weighted by atomic mass is 16.5. The second-order valence-electron chi connectivity index (χ2n) is 6.14. The van der Waals surface area contributed by atoms with E-state index in [0.717, 1.165) is 11.1 Å². The van der Waals surface area contributed by atoms with Gasteiger partial charge in [0.2, 0.25) is 0 Å². The summed E-state index contributed by atoms with van der Waals surface area (Å²) in [4.78, 5) is 12.1. The first-order valence-corrected chi connectivity index (χ1v) is 8.58. The molecule has 5 heteroatoms. The molecular formula is C22H21N3O2. The average Bonchev–Trinajstić information content (AvgIpc) is 2.68. The van der Waals surface area contributed by atoms with Crippen molar-refractivity contribution in [3.05, 3.63) is 95.1 Å². The van der Waals surface area contributed by atoms with E-state index < -0.39 is 0 Å². The standard InChI is InChI=1S/C22H21N3O2/c1-16-9-11-17(12-10-16)15-27-21-8-3-2-5-19(21)14-24-25-22(26)18-6-4-7-20(23)13-18/h2-14H,15,23H2,1H3,(H,25,26)/b24-14-. The van der Waals surface area contributed by atoms with E-state index in [-0.39, 0.29) is 5.91 Å². The molecule has 0 aliphatic carbocycles. The molecule has 0 radical (unpaired) electrons. The maximum absolute atomic E-state index is 12.1. The van der Waals surface area contributed by atoms with E-state index in [1.807, 2.05) is 36.4 Å². The molecule has 0 aromatic heterocycles. The molecule has 0 aliphatic rings. The Kier molecular flexibility index (Phi) is 5.84. The molecule has 0 unspecified atom stereocenters. The van der Waals surface area contributed by atoms with Crippen LogP contribution in [0.3, 0.4) is 0 Å². The zero-order valence-corrected chi connectivity index (χ0v) is 15.1. The first kappa shape index (κ1) is 18.2. The van der Waals surface area contributed by atoms with E-state index in [9.17, 15) is 4.79 Å². The molecule has 0 spiro atoms. The molecule has 0 aliphatic heterocycles. The monoisotopic (exact) mass is 359 g/mol. The predicted octanol–water partition coefficient (Wildman–Crippen LogP) is 3.92. The molecule has 0 heterocycles. The van der Waals surface area contributed by atoms with Crippen LogP contribution in [0.25, 0.3) is 0 Å². The molecule has 3 aromatic carbocycles. The smallest absolute Gasteiger partial charge is 0.271 e. The number of ether oxygens (including phenoxy) is 1. The van der Waals surface area contributed by atoms with Gasteiger partial charge >= 0.3 is 0 Å². The van der Waals surface area contributed by atoms with Crippen LogP contribution < -0.4 is 15.9 Å². The number of carbonyl (C=O) groups excluding carboxylic acids is 1. The SMILES string of the molecule is Cc1ccc(COc2ccccc2/C=N\NC(=O)c2cccc(N)c2)cc1. The van der Waals surface area contributed by atoms with Gasteiger partial charge in [-0.05, 0) is 42.8 Å². The minimum Gasteiger partial charge on any atom is -0.488 e. The highest BCUT2D eigenvalue weighted by Crippen LogP contribution is 2.18. The van der Waals surface area contributed by atoms with Gasteiger partial charge in [-0.25, -0.2) is 5.43 Å². The molecule has 0 saturated heterocycles. The number of hydrazone groups is 1. The summed E-state index contributed by atoms with van der Waals surface area (Å²) in [5.74, 6) is 0.372. The largest absolute Gasteiger partial charge is 0.488 e. The number of carbonyl (C=O) groups is 1. The van der Waals surface area contributed by atoms with Crippen LogP contribution in [0.5, 0.6) is 5.75 Å². The van der Waals surface area contributed by atoms with Crippen LogP contribution in [0.15, 0.2) is 77.9 Å². The Bertz CT molecular complexity index is 950. The number of benzene rings is 3. The molecule has 5 nitrogen and oxygen atoms in total.